The molecule has 0 fully saturated rings. The van der Waals surface area contributed by atoms with Crippen molar-refractivity contribution in [1.29, 1.82) is 0 Å². The molecule has 2 rings (SSSR count). The molecular formula is C12H8O5. The second-order valence-corrected chi connectivity index (χ2v) is 3.42. The number of benzene rings is 1. The molecule has 0 saturated heterocycles. The van der Waals surface area contributed by atoms with E-state index < -0.39 is 28.9 Å². The summed E-state index contributed by atoms with van der Waals surface area (Å²) in [5.74, 6) is -3.40. The van der Waals surface area contributed by atoms with Crippen molar-refractivity contribution in [2.24, 2.45) is 0 Å². The first-order valence-corrected chi connectivity index (χ1v) is 4.78. The second kappa shape index (κ2) is 3.86. The Morgan fingerprint density at radius 1 is 1.12 bits per heavy atom. The second-order valence-electron chi connectivity index (χ2n) is 3.42. The molecule has 17 heavy (non-hydrogen) atoms. The van der Waals surface area contributed by atoms with E-state index in [4.69, 9.17) is 0 Å². The summed E-state index contributed by atoms with van der Waals surface area (Å²) in [5, 5.41) is 9.82. The van der Waals surface area contributed by atoms with Crippen LogP contribution >= 0.6 is 0 Å². The molecule has 1 aromatic rings. The Bertz CT molecular complexity index is 568. The zero-order valence-corrected chi connectivity index (χ0v) is 8.89. The van der Waals surface area contributed by atoms with E-state index >= 15 is 0 Å². The summed E-state index contributed by atoms with van der Waals surface area (Å²) in [6.45, 7) is 0. The van der Waals surface area contributed by atoms with E-state index in [0.29, 0.717) is 0 Å². The molecule has 1 aliphatic rings. The van der Waals surface area contributed by atoms with Gasteiger partial charge in [-0.3, -0.25) is 9.59 Å². The van der Waals surface area contributed by atoms with Crippen molar-refractivity contribution in [3.8, 4) is 0 Å². The lowest BCUT2D eigenvalue weighted by atomic mass is 9.88. The molecule has 5 nitrogen and oxygen atoms in total. The molecule has 0 amide bonds. The number of rotatable bonds is 1. The van der Waals surface area contributed by atoms with Gasteiger partial charge in [0.1, 0.15) is 5.76 Å². The van der Waals surface area contributed by atoms with Crippen molar-refractivity contribution in [3.63, 3.8) is 0 Å². The fourth-order valence-electron chi connectivity index (χ4n) is 1.66. The van der Waals surface area contributed by atoms with Crippen LogP contribution in [0, 0.1) is 0 Å². The third-order valence-electron chi connectivity index (χ3n) is 2.49. The molecule has 0 spiro atoms. The number of hydrogen-bond acceptors (Lipinski definition) is 5. The van der Waals surface area contributed by atoms with Gasteiger partial charge in [-0.1, -0.05) is 24.3 Å². The quantitative estimate of drug-likeness (QED) is 0.442. The van der Waals surface area contributed by atoms with E-state index in [2.05, 4.69) is 4.74 Å². The van der Waals surface area contributed by atoms with Crippen molar-refractivity contribution in [2.75, 3.05) is 7.11 Å². The Labute approximate surface area is 96.3 Å². The van der Waals surface area contributed by atoms with Crippen LogP contribution in [0.2, 0.25) is 0 Å². The minimum absolute atomic E-state index is 0.0858. The summed E-state index contributed by atoms with van der Waals surface area (Å²) in [6.07, 6.45) is 0. The smallest absolute Gasteiger partial charge is 0.345 e. The average Bonchev–Trinajstić information content (AvgIpc) is 2.36. The van der Waals surface area contributed by atoms with Crippen LogP contribution in [0.3, 0.4) is 0 Å². The molecule has 0 aromatic heterocycles. The number of carbonyl (C=O) groups is 3. The predicted molar refractivity (Wildman–Crippen MR) is 57.3 cm³/mol. The van der Waals surface area contributed by atoms with Crippen LogP contribution in [-0.2, 0) is 14.3 Å². The number of ketones is 2. The molecule has 0 aliphatic heterocycles. The van der Waals surface area contributed by atoms with Crippen LogP contribution < -0.4 is 0 Å². The molecule has 0 heterocycles. The Balaban J connectivity index is 2.72. The van der Waals surface area contributed by atoms with Crippen LogP contribution in [0.5, 0.6) is 0 Å². The van der Waals surface area contributed by atoms with Crippen molar-refractivity contribution in [1.82, 2.24) is 0 Å². The number of aliphatic hydroxyl groups excluding tert-OH is 1. The predicted octanol–water partition coefficient (Wildman–Crippen LogP) is 0.894. The summed E-state index contributed by atoms with van der Waals surface area (Å²) in [4.78, 5) is 34.7. The third-order valence-corrected chi connectivity index (χ3v) is 2.49. The van der Waals surface area contributed by atoms with E-state index in [9.17, 15) is 19.5 Å². The van der Waals surface area contributed by atoms with Gasteiger partial charge in [0.25, 0.3) is 0 Å². The molecule has 1 aliphatic carbocycles. The van der Waals surface area contributed by atoms with Gasteiger partial charge in [-0.25, -0.2) is 4.79 Å². The van der Waals surface area contributed by atoms with Crippen LogP contribution in [0.25, 0.3) is 5.76 Å². The third kappa shape index (κ3) is 1.52. The Morgan fingerprint density at radius 2 is 1.71 bits per heavy atom. The number of aliphatic hydroxyl groups is 1. The van der Waals surface area contributed by atoms with Crippen molar-refractivity contribution in [2.45, 2.75) is 0 Å². The first kappa shape index (κ1) is 11.1. The minimum atomic E-state index is -1.05. The Kier molecular flexibility index (Phi) is 2.51. The summed E-state index contributed by atoms with van der Waals surface area (Å²) in [5.41, 5.74) is -0.364. The van der Waals surface area contributed by atoms with Gasteiger partial charge in [-0.05, 0) is 0 Å². The summed E-state index contributed by atoms with van der Waals surface area (Å²) in [7, 11) is 1.07. The van der Waals surface area contributed by atoms with E-state index in [1.807, 2.05) is 0 Å². The molecule has 1 aromatic carbocycles. The molecular weight excluding hydrogens is 224 g/mol. The average molecular weight is 232 g/mol. The van der Waals surface area contributed by atoms with Gasteiger partial charge < -0.3 is 9.84 Å². The largest absolute Gasteiger partial charge is 0.506 e. The fourth-order valence-corrected chi connectivity index (χ4v) is 1.66. The highest BCUT2D eigenvalue weighted by Crippen LogP contribution is 2.27. The Hall–Kier alpha value is -2.43. The van der Waals surface area contributed by atoms with Crippen molar-refractivity contribution < 1.29 is 24.2 Å². The zero-order valence-electron chi connectivity index (χ0n) is 8.89. The number of hydrogen-bond donors (Lipinski definition) is 1. The van der Waals surface area contributed by atoms with Gasteiger partial charge in [-0.2, -0.15) is 0 Å². The van der Waals surface area contributed by atoms with Gasteiger partial charge in [0.15, 0.2) is 5.57 Å². The number of methoxy groups -OCH3 is 1. The maximum Gasteiger partial charge on any atom is 0.345 e. The maximum atomic E-state index is 11.7. The van der Waals surface area contributed by atoms with Crippen LogP contribution in [0.1, 0.15) is 15.9 Å². The van der Waals surface area contributed by atoms with Gasteiger partial charge in [0.2, 0.25) is 11.6 Å². The summed E-state index contributed by atoms with van der Waals surface area (Å²) < 4.78 is 4.36. The molecule has 0 unspecified atom stereocenters. The van der Waals surface area contributed by atoms with E-state index in [1.54, 1.807) is 12.1 Å². The molecule has 0 radical (unpaired) electrons. The molecule has 86 valence electrons. The SMILES string of the molecule is COC(=O)C1=C(O)c2ccccc2C(=O)C1=O. The van der Waals surface area contributed by atoms with E-state index in [-0.39, 0.29) is 11.1 Å². The monoisotopic (exact) mass is 232 g/mol. The fraction of sp³-hybridized carbons (Fsp3) is 0.0833. The number of Topliss-reactive ketones (excluding diaryl/α,β-unsaturated/α-hetero) is 2. The van der Waals surface area contributed by atoms with Crippen molar-refractivity contribution in [3.05, 3.63) is 41.0 Å². The molecule has 0 saturated carbocycles. The standard InChI is InChI=1S/C12H8O5/c1-17-12(16)8-9(13)6-4-2-3-5-7(6)10(14)11(8)15/h2-5,13H,1H3. The van der Waals surface area contributed by atoms with Gasteiger partial charge >= 0.3 is 5.97 Å². The molecule has 0 atom stereocenters. The van der Waals surface area contributed by atoms with Crippen molar-refractivity contribution >= 4 is 23.3 Å². The van der Waals surface area contributed by atoms with Crippen LogP contribution in [-0.4, -0.2) is 29.8 Å². The van der Waals surface area contributed by atoms with Gasteiger partial charge in [0, 0.05) is 11.1 Å². The summed E-state index contributed by atoms with van der Waals surface area (Å²) >= 11 is 0. The van der Waals surface area contributed by atoms with Gasteiger partial charge in [0.05, 0.1) is 7.11 Å². The highest BCUT2D eigenvalue weighted by molar-refractivity contribution is 6.56. The van der Waals surface area contributed by atoms with Gasteiger partial charge in [-0.15, -0.1) is 0 Å². The zero-order chi connectivity index (χ0) is 12.6. The number of ether oxygens (including phenoxy) is 1. The lowest BCUT2D eigenvalue weighted by Gasteiger charge is -2.15. The summed E-state index contributed by atoms with van der Waals surface area (Å²) in [6, 6.07) is 6.03. The van der Waals surface area contributed by atoms with E-state index in [0.717, 1.165) is 7.11 Å². The van der Waals surface area contributed by atoms with Crippen LogP contribution in [0.15, 0.2) is 29.8 Å². The first-order valence-electron chi connectivity index (χ1n) is 4.78. The maximum absolute atomic E-state index is 11.7. The lowest BCUT2D eigenvalue weighted by molar-refractivity contribution is -0.137. The first-order chi connectivity index (χ1) is 8.07. The van der Waals surface area contributed by atoms with Crippen LogP contribution in [0.4, 0.5) is 0 Å². The number of esters is 1. The minimum Gasteiger partial charge on any atom is -0.506 e. The molecule has 0 bridgehead atoms. The number of fused-ring (bicyclic) bond motifs is 1. The van der Waals surface area contributed by atoms with E-state index in [1.165, 1.54) is 12.1 Å². The number of carbonyl (C=O) groups excluding carboxylic acids is 3. The lowest BCUT2D eigenvalue weighted by Crippen LogP contribution is -2.28. The highest BCUT2D eigenvalue weighted by atomic mass is 16.5. The molecule has 1 N–H and O–H groups in total. The topological polar surface area (TPSA) is 80.7 Å². The normalized spacial score (nSPS) is 14.6. The Morgan fingerprint density at radius 3 is 2.29 bits per heavy atom. The highest BCUT2D eigenvalue weighted by Gasteiger charge is 2.37. The molecule has 5 heteroatoms.